The van der Waals surface area contributed by atoms with Crippen LogP contribution in [0.25, 0.3) is 87.3 Å². The molecule has 4 aromatic heterocycles. The van der Waals surface area contributed by atoms with Crippen LogP contribution >= 0.6 is 0 Å². The highest BCUT2D eigenvalue weighted by Gasteiger charge is 2.40. The zero-order valence-corrected chi connectivity index (χ0v) is 42.6. The molecular weight excluding hydrogens is 925 g/mol. The van der Waals surface area contributed by atoms with Gasteiger partial charge in [-0.25, -0.2) is 0 Å². The number of para-hydroxylation sites is 2. The minimum atomic E-state index is -0.281. The molecule has 0 aliphatic carbocycles. The lowest BCUT2D eigenvalue weighted by atomic mass is 9.73. The van der Waals surface area contributed by atoms with E-state index < -0.39 is 0 Å². The lowest BCUT2D eigenvalue weighted by molar-refractivity contribution is 0.632. The van der Waals surface area contributed by atoms with E-state index in [2.05, 4.69) is 251 Å². The summed E-state index contributed by atoms with van der Waals surface area (Å²) in [4.78, 5) is 14.2. The standard InChI is InChI=1S/C70H50N6/c1-69(2)55-21-9-11-23-59(55)73(65-39-63-53(37-57(65)69)67-51-19-7-5-15-43(51)27-31-61(67)75(63)49-17-13-33-71-41-49)47-29-25-46-36-48(30-26-45(46)35-47)74-60-24-12-10-22-56(60)70(3,4)58-38-54-64(40-66(58)74)76(50-18-14-34-72-42-50)62-32-28-44-16-6-8-20-52(44)68(54)62/h5-42H,1-4H3. The largest absolute Gasteiger partial charge is 0.310 e. The molecule has 10 aromatic carbocycles. The second-order valence-electron chi connectivity index (χ2n) is 21.9. The Kier molecular flexibility index (Phi) is 8.76. The van der Waals surface area contributed by atoms with Gasteiger partial charge in [-0.2, -0.15) is 0 Å². The van der Waals surface area contributed by atoms with Gasteiger partial charge in [0.25, 0.3) is 0 Å². The molecule has 2 aliphatic rings. The smallest absolute Gasteiger partial charge is 0.0645 e. The molecule has 76 heavy (non-hydrogen) atoms. The molecule has 6 heterocycles. The zero-order chi connectivity index (χ0) is 50.6. The average molecular weight is 975 g/mol. The summed E-state index contributed by atoms with van der Waals surface area (Å²) in [7, 11) is 0. The molecule has 0 atom stereocenters. The first-order valence-electron chi connectivity index (χ1n) is 26.4. The number of anilines is 6. The highest BCUT2D eigenvalue weighted by Crippen LogP contribution is 2.57. The van der Waals surface area contributed by atoms with Gasteiger partial charge >= 0.3 is 0 Å². The molecule has 14 aromatic rings. The minimum Gasteiger partial charge on any atom is -0.310 e. The molecular formula is C70H50N6. The molecule has 6 heteroatoms. The maximum absolute atomic E-state index is 4.62. The molecule has 0 saturated carbocycles. The van der Waals surface area contributed by atoms with E-state index in [0.717, 1.165) is 33.8 Å². The fourth-order valence-corrected chi connectivity index (χ4v) is 13.5. The van der Waals surface area contributed by atoms with E-state index in [9.17, 15) is 0 Å². The van der Waals surface area contributed by atoms with Crippen LogP contribution in [-0.2, 0) is 10.8 Å². The highest BCUT2D eigenvalue weighted by molar-refractivity contribution is 6.23. The normalized spacial score (nSPS) is 14.5. The quantitative estimate of drug-likeness (QED) is 0.176. The van der Waals surface area contributed by atoms with E-state index >= 15 is 0 Å². The number of fused-ring (bicyclic) bond motifs is 15. The van der Waals surface area contributed by atoms with Crippen LogP contribution in [0.3, 0.4) is 0 Å². The Labute approximate surface area is 440 Å². The van der Waals surface area contributed by atoms with Crippen molar-refractivity contribution in [2.45, 2.75) is 38.5 Å². The Morgan fingerprint density at radius 1 is 0.303 bits per heavy atom. The molecule has 0 bridgehead atoms. The highest BCUT2D eigenvalue weighted by atomic mass is 15.2. The number of hydrogen-bond donors (Lipinski definition) is 0. The molecule has 0 amide bonds. The van der Waals surface area contributed by atoms with Crippen LogP contribution in [0.2, 0.25) is 0 Å². The fraction of sp³-hybridized carbons (Fsp3) is 0.0857. The van der Waals surface area contributed by atoms with Crippen molar-refractivity contribution in [2.75, 3.05) is 9.80 Å². The van der Waals surface area contributed by atoms with Gasteiger partial charge in [0.1, 0.15) is 0 Å². The van der Waals surface area contributed by atoms with E-state index in [1.54, 1.807) is 0 Å². The summed E-state index contributed by atoms with van der Waals surface area (Å²) in [5.41, 5.74) is 18.3. The van der Waals surface area contributed by atoms with Crippen molar-refractivity contribution in [3.8, 4) is 11.4 Å². The maximum Gasteiger partial charge on any atom is 0.0645 e. The number of hydrogen-bond acceptors (Lipinski definition) is 4. The second-order valence-corrected chi connectivity index (χ2v) is 21.9. The van der Waals surface area contributed by atoms with Gasteiger partial charge in [0, 0.05) is 56.1 Å². The van der Waals surface area contributed by atoms with Crippen molar-refractivity contribution in [1.82, 2.24) is 19.1 Å². The van der Waals surface area contributed by atoms with E-state index in [-0.39, 0.29) is 10.8 Å². The third-order valence-corrected chi connectivity index (χ3v) is 17.1. The van der Waals surface area contributed by atoms with E-state index in [1.807, 2.05) is 36.9 Å². The summed E-state index contributed by atoms with van der Waals surface area (Å²) in [6, 6.07) is 76.9. The molecule has 360 valence electrons. The van der Waals surface area contributed by atoms with Gasteiger partial charge in [0.05, 0.1) is 68.6 Å². The van der Waals surface area contributed by atoms with Crippen molar-refractivity contribution >= 4 is 110 Å². The van der Waals surface area contributed by atoms with Crippen molar-refractivity contribution in [2.24, 2.45) is 0 Å². The number of aromatic nitrogens is 4. The second kappa shape index (κ2) is 15.5. The van der Waals surface area contributed by atoms with Gasteiger partial charge in [0.15, 0.2) is 0 Å². The van der Waals surface area contributed by atoms with Crippen LogP contribution in [0, 0.1) is 0 Å². The summed E-state index contributed by atoms with van der Waals surface area (Å²) in [6.45, 7) is 9.55. The Morgan fingerprint density at radius 2 is 0.724 bits per heavy atom. The number of rotatable bonds is 4. The fourth-order valence-electron chi connectivity index (χ4n) is 13.5. The lowest BCUT2D eigenvalue weighted by Gasteiger charge is -2.42. The summed E-state index contributed by atoms with van der Waals surface area (Å²) < 4.78 is 4.81. The first kappa shape index (κ1) is 42.9. The van der Waals surface area contributed by atoms with Crippen LogP contribution < -0.4 is 9.80 Å². The maximum atomic E-state index is 4.62. The zero-order valence-electron chi connectivity index (χ0n) is 42.6. The van der Waals surface area contributed by atoms with Crippen LogP contribution in [0.4, 0.5) is 34.1 Å². The molecule has 0 radical (unpaired) electrons. The number of pyridine rings is 2. The van der Waals surface area contributed by atoms with Crippen molar-refractivity contribution in [3.05, 3.63) is 253 Å². The van der Waals surface area contributed by atoms with Gasteiger partial charge in [-0.1, -0.05) is 137 Å². The van der Waals surface area contributed by atoms with Crippen LogP contribution in [0.1, 0.15) is 49.9 Å². The van der Waals surface area contributed by atoms with Crippen LogP contribution in [0.5, 0.6) is 0 Å². The molecule has 0 N–H and O–H groups in total. The van der Waals surface area contributed by atoms with Gasteiger partial charge in [-0.05, 0) is 152 Å². The first-order valence-corrected chi connectivity index (χ1v) is 26.4. The average Bonchev–Trinajstić information content (AvgIpc) is 4.14. The monoisotopic (exact) mass is 974 g/mol. The van der Waals surface area contributed by atoms with Crippen molar-refractivity contribution in [3.63, 3.8) is 0 Å². The molecule has 0 saturated heterocycles. The third kappa shape index (κ3) is 5.87. The molecule has 0 fully saturated rings. The van der Waals surface area contributed by atoms with Gasteiger partial charge < -0.3 is 18.9 Å². The predicted molar refractivity (Wildman–Crippen MR) is 317 cm³/mol. The van der Waals surface area contributed by atoms with E-state index in [4.69, 9.17) is 0 Å². The summed E-state index contributed by atoms with van der Waals surface area (Å²) >= 11 is 0. The van der Waals surface area contributed by atoms with Crippen LogP contribution in [-0.4, -0.2) is 19.1 Å². The number of nitrogens with zero attached hydrogens (tertiary/aromatic N) is 6. The van der Waals surface area contributed by atoms with E-state index in [1.165, 1.54) is 110 Å². The van der Waals surface area contributed by atoms with Crippen molar-refractivity contribution < 1.29 is 0 Å². The minimum absolute atomic E-state index is 0.281. The summed E-state index contributed by atoms with van der Waals surface area (Å²) in [5, 5.41) is 12.3. The SMILES string of the molecule is CC1(C)c2ccccc2N(c2ccc3cc(N4c5ccccc5C(C)(C)c5cc6c7c8ccccc8ccc7n(-c7cccnc7)c6cc54)ccc3c2)c2cc3c(cc21)c1c2ccccc2ccc1n3-c1cccnc1. The third-order valence-electron chi connectivity index (χ3n) is 17.1. The molecule has 16 rings (SSSR count). The van der Waals surface area contributed by atoms with E-state index in [0.29, 0.717) is 0 Å². The Bertz CT molecular complexity index is 4470. The van der Waals surface area contributed by atoms with Gasteiger partial charge in [-0.3, -0.25) is 9.97 Å². The molecule has 0 unspecified atom stereocenters. The summed E-state index contributed by atoms with van der Waals surface area (Å²) in [6.07, 6.45) is 7.67. The molecule has 0 spiro atoms. The number of benzene rings is 10. The Hall–Kier alpha value is -9.52. The Balaban J connectivity index is 0.894. The first-order chi connectivity index (χ1) is 37.2. The molecule has 2 aliphatic heterocycles. The van der Waals surface area contributed by atoms with Gasteiger partial charge in [0.2, 0.25) is 0 Å². The van der Waals surface area contributed by atoms with Crippen molar-refractivity contribution in [1.29, 1.82) is 0 Å². The topological polar surface area (TPSA) is 42.1 Å². The van der Waals surface area contributed by atoms with Gasteiger partial charge in [-0.15, -0.1) is 0 Å². The summed E-state index contributed by atoms with van der Waals surface area (Å²) in [5.74, 6) is 0. The molecule has 6 nitrogen and oxygen atoms in total. The van der Waals surface area contributed by atoms with Crippen LogP contribution in [0.15, 0.2) is 231 Å². The lowest BCUT2D eigenvalue weighted by Crippen LogP contribution is -2.30. The predicted octanol–water partition coefficient (Wildman–Crippen LogP) is 18.3. The Morgan fingerprint density at radius 3 is 1.17 bits per heavy atom.